The van der Waals surface area contributed by atoms with Gasteiger partial charge in [0.2, 0.25) is 0 Å². The van der Waals surface area contributed by atoms with Gasteiger partial charge >= 0.3 is 0 Å². The maximum absolute atomic E-state index is 2.73. The molecule has 1 radical (unpaired) electrons. The first kappa shape index (κ1) is 19.0. The van der Waals surface area contributed by atoms with Gasteiger partial charge in [0.05, 0.1) is 0 Å². The molecule has 0 aromatic rings. The molecule has 0 saturated heterocycles. The standard InChI is InChI=1S/C19H39/c1-5-9-11-13-15-18(8-4)17-19(14-7-3)16-12-10-6-2/h17-19H,5-16H2,1-4H3. The van der Waals surface area contributed by atoms with E-state index in [2.05, 4.69) is 34.1 Å². The van der Waals surface area contributed by atoms with Crippen LogP contribution in [0.4, 0.5) is 0 Å². The van der Waals surface area contributed by atoms with Crippen molar-refractivity contribution in [2.24, 2.45) is 11.8 Å². The van der Waals surface area contributed by atoms with Gasteiger partial charge in [-0.2, -0.15) is 0 Å². The molecule has 2 atom stereocenters. The van der Waals surface area contributed by atoms with Crippen molar-refractivity contribution in [1.29, 1.82) is 0 Å². The average Bonchev–Trinajstić information content (AvgIpc) is 2.42. The molecule has 0 aromatic heterocycles. The Bertz CT molecular complexity index is 161. The lowest BCUT2D eigenvalue weighted by molar-refractivity contribution is 0.390. The highest BCUT2D eigenvalue weighted by Crippen LogP contribution is 2.27. The molecule has 0 heteroatoms. The van der Waals surface area contributed by atoms with E-state index in [0.717, 1.165) is 11.8 Å². The van der Waals surface area contributed by atoms with E-state index in [1.54, 1.807) is 0 Å². The third kappa shape index (κ3) is 11.5. The number of rotatable bonds is 14. The van der Waals surface area contributed by atoms with Crippen LogP contribution in [0.15, 0.2) is 0 Å². The first-order valence-corrected chi connectivity index (χ1v) is 9.13. The van der Waals surface area contributed by atoms with Gasteiger partial charge in [0.1, 0.15) is 0 Å². The number of unbranched alkanes of at least 4 members (excludes halogenated alkanes) is 5. The summed E-state index contributed by atoms with van der Waals surface area (Å²) in [5.74, 6) is 1.78. The highest BCUT2D eigenvalue weighted by atomic mass is 14.2. The molecule has 0 heterocycles. The molecule has 0 aromatic carbocycles. The summed E-state index contributed by atoms with van der Waals surface area (Å²) in [4.78, 5) is 0. The lowest BCUT2D eigenvalue weighted by Gasteiger charge is -2.22. The van der Waals surface area contributed by atoms with Crippen molar-refractivity contribution >= 4 is 0 Å². The van der Waals surface area contributed by atoms with Crippen molar-refractivity contribution in [3.05, 3.63) is 6.42 Å². The van der Waals surface area contributed by atoms with E-state index in [0.29, 0.717) is 0 Å². The summed E-state index contributed by atoms with van der Waals surface area (Å²) in [6, 6.07) is 0. The van der Waals surface area contributed by atoms with Crippen LogP contribution in [0.3, 0.4) is 0 Å². The Hall–Kier alpha value is 0. The Kier molecular flexibility index (Phi) is 14.4. The van der Waals surface area contributed by atoms with Crippen molar-refractivity contribution in [2.75, 3.05) is 0 Å². The van der Waals surface area contributed by atoms with Gasteiger partial charge in [-0.3, -0.25) is 0 Å². The molecule has 115 valence electrons. The van der Waals surface area contributed by atoms with Gasteiger partial charge in [-0.25, -0.2) is 0 Å². The predicted molar refractivity (Wildman–Crippen MR) is 89.4 cm³/mol. The van der Waals surface area contributed by atoms with Crippen molar-refractivity contribution in [3.8, 4) is 0 Å². The topological polar surface area (TPSA) is 0 Å². The van der Waals surface area contributed by atoms with E-state index in [-0.39, 0.29) is 0 Å². The van der Waals surface area contributed by atoms with Crippen LogP contribution in [0.1, 0.15) is 105 Å². The van der Waals surface area contributed by atoms with E-state index < -0.39 is 0 Å². The zero-order valence-corrected chi connectivity index (χ0v) is 14.2. The van der Waals surface area contributed by atoms with E-state index in [1.165, 1.54) is 77.0 Å². The third-order valence-electron chi connectivity index (χ3n) is 4.34. The van der Waals surface area contributed by atoms with Gasteiger partial charge in [-0.15, -0.1) is 0 Å². The fourth-order valence-electron chi connectivity index (χ4n) is 3.02. The summed E-state index contributed by atoms with van der Waals surface area (Å²) >= 11 is 0. The van der Waals surface area contributed by atoms with E-state index in [9.17, 15) is 0 Å². The van der Waals surface area contributed by atoms with Crippen LogP contribution in [0.5, 0.6) is 0 Å². The van der Waals surface area contributed by atoms with Crippen LogP contribution in [-0.4, -0.2) is 0 Å². The molecule has 0 fully saturated rings. The molecule has 0 bridgehead atoms. The second-order valence-electron chi connectivity index (χ2n) is 6.25. The molecule has 0 aliphatic heterocycles. The van der Waals surface area contributed by atoms with Crippen molar-refractivity contribution in [2.45, 2.75) is 105 Å². The summed E-state index contributed by atoms with van der Waals surface area (Å²) in [7, 11) is 0. The molecule has 0 aliphatic rings. The SMILES string of the molecule is CCCCCCC([CH]C(CCC)CCCCC)CC. The Morgan fingerprint density at radius 3 is 1.74 bits per heavy atom. The third-order valence-corrected chi connectivity index (χ3v) is 4.34. The van der Waals surface area contributed by atoms with Gasteiger partial charge in [-0.1, -0.05) is 105 Å². The molecule has 0 amide bonds. The Balaban J connectivity index is 3.90. The van der Waals surface area contributed by atoms with Gasteiger partial charge in [0.25, 0.3) is 0 Å². The lowest BCUT2D eigenvalue weighted by atomic mass is 9.83. The Labute approximate surface area is 123 Å². The van der Waals surface area contributed by atoms with E-state index in [1.807, 2.05) is 0 Å². The molecule has 0 nitrogen and oxygen atoms in total. The fraction of sp³-hybridized carbons (Fsp3) is 0.947. The molecule has 0 spiro atoms. The zero-order chi connectivity index (χ0) is 14.3. The minimum absolute atomic E-state index is 0.884. The fourth-order valence-corrected chi connectivity index (χ4v) is 3.02. The highest BCUT2D eigenvalue weighted by Gasteiger charge is 2.14. The van der Waals surface area contributed by atoms with Crippen LogP contribution >= 0.6 is 0 Å². The molecule has 0 rings (SSSR count). The average molecular weight is 268 g/mol. The summed E-state index contributed by atoms with van der Waals surface area (Å²) in [5.41, 5.74) is 0. The molecule has 0 aliphatic carbocycles. The number of hydrogen-bond acceptors (Lipinski definition) is 0. The molecule has 2 unspecified atom stereocenters. The van der Waals surface area contributed by atoms with Gasteiger partial charge in [0, 0.05) is 0 Å². The number of hydrogen-bond donors (Lipinski definition) is 0. The van der Waals surface area contributed by atoms with Crippen LogP contribution in [0.25, 0.3) is 0 Å². The first-order chi connectivity index (χ1) is 9.28. The van der Waals surface area contributed by atoms with Crippen molar-refractivity contribution < 1.29 is 0 Å². The van der Waals surface area contributed by atoms with Gasteiger partial charge in [-0.05, 0) is 18.3 Å². The van der Waals surface area contributed by atoms with Crippen molar-refractivity contribution in [3.63, 3.8) is 0 Å². The summed E-state index contributed by atoms with van der Waals surface area (Å²) < 4.78 is 0. The van der Waals surface area contributed by atoms with E-state index in [4.69, 9.17) is 0 Å². The Morgan fingerprint density at radius 1 is 0.579 bits per heavy atom. The highest BCUT2D eigenvalue weighted by molar-refractivity contribution is 4.83. The molecular weight excluding hydrogens is 228 g/mol. The Morgan fingerprint density at radius 2 is 1.16 bits per heavy atom. The zero-order valence-electron chi connectivity index (χ0n) is 14.2. The van der Waals surface area contributed by atoms with Crippen LogP contribution in [-0.2, 0) is 0 Å². The quantitative estimate of drug-likeness (QED) is 0.292. The summed E-state index contributed by atoms with van der Waals surface area (Å²) in [6.07, 6.45) is 19.6. The normalized spacial score (nSPS) is 14.5. The smallest absolute Gasteiger partial charge is 0.0324 e. The summed E-state index contributed by atoms with van der Waals surface area (Å²) in [5, 5.41) is 0. The van der Waals surface area contributed by atoms with Gasteiger partial charge in [0.15, 0.2) is 0 Å². The van der Waals surface area contributed by atoms with Gasteiger partial charge < -0.3 is 0 Å². The van der Waals surface area contributed by atoms with E-state index >= 15 is 0 Å². The lowest BCUT2D eigenvalue weighted by Crippen LogP contribution is -2.10. The molecule has 0 saturated carbocycles. The maximum atomic E-state index is 2.73. The summed E-state index contributed by atoms with van der Waals surface area (Å²) in [6.45, 7) is 9.31. The first-order valence-electron chi connectivity index (χ1n) is 9.13. The maximum Gasteiger partial charge on any atom is -0.0324 e. The predicted octanol–water partition coefficient (Wildman–Crippen LogP) is 7.18. The second kappa shape index (κ2) is 14.4. The minimum Gasteiger partial charge on any atom is -0.0654 e. The largest absolute Gasteiger partial charge is 0.0654 e. The molecule has 0 N–H and O–H groups in total. The molecular formula is C19H39. The minimum atomic E-state index is 0.884. The second-order valence-corrected chi connectivity index (χ2v) is 6.25. The van der Waals surface area contributed by atoms with Crippen LogP contribution < -0.4 is 0 Å². The monoisotopic (exact) mass is 267 g/mol. The van der Waals surface area contributed by atoms with Crippen LogP contribution in [0, 0.1) is 18.3 Å². The molecule has 19 heavy (non-hydrogen) atoms. The van der Waals surface area contributed by atoms with Crippen LogP contribution in [0.2, 0.25) is 0 Å². The van der Waals surface area contributed by atoms with Crippen molar-refractivity contribution in [1.82, 2.24) is 0 Å².